The van der Waals surface area contributed by atoms with Gasteiger partial charge in [-0.15, -0.1) is 0 Å². The van der Waals surface area contributed by atoms with Gasteiger partial charge in [-0.2, -0.15) is 4.98 Å². The molecule has 2 aliphatic rings. The highest BCUT2D eigenvalue weighted by Gasteiger charge is 2.34. The number of halogens is 2. The lowest BCUT2D eigenvalue weighted by Gasteiger charge is -2.27. The van der Waals surface area contributed by atoms with E-state index < -0.39 is 0 Å². The molecule has 0 bridgehead atoms. The number of aromatic nitrogens is 4. The van der Waals surface area contributed by atoms with Gasteiger partial charge in [-0.1, -0.05) is 30.7 Å². The fraction of sp³-hybridized carbons (Fsp3) is 0.345. The summed E-state index contributed by atoms with van der Waals surface area (Å²) in [5.41, 5.74) is 4.97. The highest BCUT2D eigenvalue weighted by Crippen LogP contribution is 2.43. The third-order valence-electron chi connectivity index (χ3n) is 7.69. The lowest BCUT2D eigenvalue weighted by molar-refractivity contribution is 0.413. The van der Waals surface area contributed by atoms with Gasteiger partial charge in [0.15, 0.2) is 0 Å². The van der Waals surface area contributed by atoms with Gasteiger partial charge in [-0.3, -0.25) is 0 Å². The molecule has 4 aromatic rings. The summed E-state index contributed by atoms with van der Waals surface area (Å²) < 4.78 is 21.2. The van der Waals surface area contributed by atoms with E-state index in [1.165, 1.54) is 30.5 Å². The Bertz CT molecular complexity index is 1460. The largest absolute Gasteiger partial charge is 0.494 e. The van der Waals surface area contributed by atoms with Crippen LogP contribution in [0.1, 0.15) is 55.3 Å². The summed E-state index contributed by atoms with van der Waals surface area (Å²) in [6, 6.07) is 13.1. The second-order valence-corrected chi connectivity index (χ2v) is 10.3. The van der Waals surface area contributed by atoms with Crippen molar-refractivity contribution in [2.75, 3.05) is 23.9 Å². The van der Waals surface area contributed by atoms with Gasteiger partial charge in [-0.25, -0.2) is 14.4 Å². The van der Waals surface area contributed by atoms with Gasteiger partial charge in [0.1, 0.15) is 28.9 Å². The Hall–Kier alpha value is -3.65. The van der Waals surface area contributed by atoms with Crippen LogP contribution in [0.25, 0.3) is 5.69 Å². The average molecular weight is 533 g/mol. The fourth-order valence-corrected chi connectivity index (χ4v) is 5.97. The van der Waals surface area contributed by atoms with Crippen LogP contribution in [0, 0.1) is 5.82 Å². The normalized spacial score (nSPS) is 18.6. The number of benzene rings is 2. The first kappa shape index (κ1) is 24.7. The molecule has 7 nitrogen and oxygen atoms in total. The highest BCUT2D eigenvalue weighted by molar-refractivity contribution is 6.29. The van der Waals surface area contributed by atoms with Crippen molar-refractivity contribution in [1.82, 2.24) is 19.5 Å². The predicted octanol–water partition coefficient (Wildman–Crippen LogP) is 6.66. The van der Waals surface area contributed by atoms with Gasteiger partial charge in [0.2, 0.25) is 5.95 Å². The summed E-state index contributed by atoms with van der Waals surface area (Å²) in [5.74, 6) is 2.13. The van der Waals surface area contributed by atoms with Crippen LogP contribution in [0.2, 0.25) is 5.15 Å². The third kappa shape index (κ3) is 4.58. The monoisotopic (exact) mass is 532 g/mol. The quantitative estimate of drug-likeness (QED) is 0.287. The number of nitrogens with zero attached hydrogens (tertiary/aromatic N) is 5. The molecule has 2 atom stereocenters. The molecule has 3 heterocycles. The van der Waals surface area contributed by atoms with Gasteiger partial charge in [0.25, 0.3) is 0 Å². The summed E-state index contributed by atoms with van der Waals surface area (Å²) >= 11 is 6.02. The number of fused-ring (bicyclic) bond motifs is 1. The van der Waals surface area contributed by atoms with Crippen molar-refractivity contribution in [3.63, 3.8) is 0 Å². The predicted molar refractivity (Wildman–Crippen MR) is 148 cm³/mol. The number of anilines is 3. The Balaban J connectivity index is 1.39. The molecule has 1 fully saturated rings. The smallest absolute Gasteiger partial charge is 0.229 e. The topological polar surface area (TPSA) is 68.1 Å². The number of ether oxygens (including phenoxy) is 1. The summed E-state index contributed by atoms with van der Waals surface area (Å²) in [7, 11) is 1.64. The zero-order valence-electron chi connectivity index (χ0n) is 21.5. The number of nitrogens with one attached hydrogen (secondary N) is 1. The van der Waals surface area contributed by atoms with E-state index in [0.717, 1.165) is 54.3 Å². The second-order valence-electron chi connectivity index (χ2n) is 9.89. The Kier molecular flexibility index (Phi) is 6.66. The summed E-state index contributed by atoms with van der Waals surface area (Å²) in [4.78, 5) is 16.7. The summed E-state index contributed by atoms with van der Waals surface area (Å²) in [6.45, 7) is 3.24. The number of hydrogen-bond donors (Lipinski definition) is 1. The van der Waals surface area contributed by atoms with Crippen LogP contribution < -0.4 is 15.0 Å². The van der Waals surface area contributed by atoms with Crippen LogP contribution in [0.3, 0.4) is 0 Å². The van der Waals surface area contributed by atoms with Crippen LogP contribution in [0.4, 0.5) is 21.8 Å². The molecule has 1 N–H and O–H groups in total. The Morgan fingerprint density at radius 3 is 2.71 bits per heavy atom. The standard InChI is InChI=1S/C29H30ClFN6O/c1-3-21-5-4-14-37(21)28-23-12-11-22(18-6-8-19(31)9-7-18)27(23)34-29(35-28)33-20-10-13-24(25(15-20)38-2)36-16-26(30)32-17-36/h6-10,13,15-17,21-22H,3-5,11-12,14H2,1-2H3,(H,33,34,35). The first-order chi connectivity index (χ1) is 18.5. The SMILES string of the molecule is CCC1CCCN1c1nc(Nc2ccc(-n3cnc(Cl)c3)c(OC)c2)nc2c1CCC2c1ccc(F)cc1. The van der Waals surface area contributed by atoms with E-state index in [1.807, 2.05) is 34.9 Å². The van der Waals surface area contributed by atoms with Crippen LogP contribution in [0.5, 0.6) is 5.75 Å². The minimum absolute atomic E-state index is 0.110. The summed E-state index contributed by atoms with van der Waals surface area (Å²) in [6.07, 6.45) is 8.66. The minimum atomic E-state index is -0.226. The van der Waals surface area contributed by atoms with Crippen LogP contribution in [-0.2, 0) is 6.42 Å². The Morgan fingerprint density at radius 1 is 1.13 bits per heavy atom. The molecule has 2 aromatic heterocycles. The molecule has 1 saturated heterocycles. The molecular weight excluding hydrogens is 503 g/mol. The van der Waals surface area contributed by atoms with E-state index in [2.05, 4.69) is 22.1 Å². The van der Waals surface area contributed by atoms with Crippen molar-refractivity contribution in [1.29, 1.82) is 0 Å². The van der Waals surface area contributed by atoms with Crippen molar-refractivity contribution >= 4 is 29.1 Å². The third-order valence-corrected chi connectivity index (χ3v) is 7.88. The first-order valence-corrected chi connectivity index (χ1v) is 13.5. The average Bonchev–Trinajstić information content (AvgIpc) is 3.68. The van der Waals surface area contributed by atoms with Crippen molar-refractivity contribution in [3.8, 4) is 11.4 Å². The zero-order chi connectivity index (χ0) is 26.2. The molecule has 196 valence electrons. The van der Waals surface area contributed by atoms with Crippen LogP contribution in [-0.4, -0.2) is 39.2 Å². The lowest BCUT2D eigenvalue weighted by atomic mass is 9.96. The Morgan fingerprint density at radius 2 is 1.97 bits per heavy atom. The van der Waals surface area contributed by atoms with Gasteiger partial charge in [-0.05, 0) is 61.9 Å². The van der Waals surface area contributed by atoms with Crippen molar-refractivity contribution in [2.24, 2.45) is 0 Å². The molecule has 0 saturated carbocycles. The number of rotatable bonds is 7. The maximum Gasteiger partial charge on any atom is 0.229 e. The number of hydrogen-bond acceptors (Lipinski definition) is 6. The number of methoxy groups -OCH3 is 1. The maximum atomic E-state index is 13.7. The molecule has 2 unspecified atom stereocenters. The van der Waals surface area contributed by atoms with Gasteiger partial charge in [0, 0.05) is 42.0 Å². The van der Waals surface area contributed by atoms with Crippen LogP contribution in [0.15, 0.2) is 55.0 Å². The summed E-state index contributed by atoms with van der Waals surface area (Å²) in [5, 5.41) is 3.84. The lowest BCUT2D eigenvalue weighted by Crippen LogP contribution is -2.30. The van der Waals surface area contributed by atoms with Crippen LogP contribution >= 0.6 is 11.6 Å². The van der Waals surface area contributed by atoms with E-state index in [-0.39, 0.29) is 11.7 Å². The van der Waals surface area contributed by atoms with E-state index in [9.17, 15) is 4.39 Å². The maximum absolute atomic E-state index is 13.7. The van der Waals surface area contributed by atoms with Gasteiger partial charge >= 0.3 is 0 Å². The molecule has 6 rings (SSSR count). The number of imidazole rings is 1. The minimum Gasteiger partial charge on any atom is -0.494 e. The van der Waals surface area contributed by atoms with E-state index >= 15 is 0 Å². The van der Waals surface area contributed by atoms with Gasteiger partial charge < -0.3 is 19.5 Å². The highest BCUT2D eigenvalue weighted by atomic mass is 35.5. The van der Waals surface area contributed by atoms with Gasteiger partial charge in [0.05, 0.1) is 18.5 Å². The second kappa shape index (κ2) is 10.3. The molecule has 1 aliphatic heterocycles. The van der Waals surface area contributed by atoms with Crippen molar-refractivity contribution in [3.05, 3.63) is 82.8 Å². The van der Waals surface area contributed by atoms with E-state index in [0.29, 0.717) is 22.9 Å². The van der Waals surface area contributed by atoms with E-state index in [4.69, 9.17) is 26.3 Å². The molecule has 38 heavy (non-hydrogen) atoms. The van der Waals surface area contributed by atoms with E-state index in [1.54, 1.807) is 19.6 Å². The van der Waals surface area contributed by atoms with Crippen molar-refractivity contribution in [2.45, 2.75) is 51.0 Å². The molecule has 0 radical (unpaired) electrons. The molecule has 0 amide bonds. The first-order valence-electron chi connectivity index (χ1n) is 13.1. The fourth-order valence-electron chi connectivity index (χ4n) is 5.82. The molecule has 0 spiro atoms. The molecular formula is C29H30ClFN6O. The molecule has 2 aromatic carbocycles. The zero-order valence-corrected chi connectivity index (χ0v) is 22.2. The Labute approximate surface area is 226 Å². The van der Waals surface area contributed by atoms with Crippen molar-refractivity contribution < 1.29 is 9.13 Å². The molecule has 1 aliphatic carbocycles. The molecule has 9 heteroatoms.